The third-order valence-corrected chi connectivity index (χ3v) is 2.83. The summed E-state index contributed by atoms with van der Waals surface area (Å²) in [5.41, 5.74) is 0. The number of carboxylic acid groups (broad SMARTS) is 1. The van der Waals surface area contributed by atoms with Crippen molar-refractivity contribution in [1.29, 1.82) is 0 Å². The maximum atomic E-state index is 11.8. The molecule has 0 bridgehead atoms. The Morgan fingerprint density at radius 3 is 2.33 bits per heavy atom. The molecule has 0 aromatic rings. The largest absolute Gasteiger partial charge is 0.480 e. The molecule has 106 valence electrons. The van der Waals surface area contributed by atoms with Gasteiger partial charge >= 0.3 is 12.0 Å². The van der Waals surface area contributed by atoms with Crippen molar-refractivity contribution in [2.24, 2.45) is 5.92 Å². The van der Waals surface area contributed by atoms with E-state index in [1.807, 2.05) is 6.92 Å². The van der Waals surface area contributed by atoms with Gasteiger partial charge in [-0.15, -0.1) is 0 Å². The van der Waals surface area contributed by atoms with Crippen LogP contribution >= 0.6 is 0 Å². The average molecular weight is 258 g/mol. The summed E-state index contributed by atoms with van der Waals surface area (Å²) in [7, 11) is 1.69. The number of amides is 2. The lowest BCUT2D eigenvalue weighted by molar-refractivity contribution is -0.139. The van der Waals surface area contributed by atoms with E-state index in [0.29, 0.717) is 18.9 Å². The molecule has 0 aromatic heterocycles. The number of urea groups is 1. The first kappa shape index (κ1) is 16.7. The molecule has 5 heteroatoms. The Bertz CT molecular complexity index is 267. The lowest BCUT2D eigenvalue weighted by atomic mass is 10.1. The number of hydrogen-bond donors (Lipinski definition) is 2. The van der Waals surface area contributed by atoms with E-state index in [9.17, 15) is 9.59 Å². The average Bonchev–Trinajstić information content (AvgIpc) is 2.30. The molecule has 1 unspecified atom stereocenters. The van der Waals surface area contributed by atoms with Gasteiger partial charge < -0.3 is 15.3 Å². The smallest absolute Gasteiger partial charge is 0.326 e. The molecule has 0 aliphatic rings. The molecule has 0 aliphatic heterocycles. The van der Waals surface area contributed by atoms with Gasteiger partial charge in [0, 0.05) is 13.6 Å². The summed E-state index contributed by atoms with van der Waals surface area (Å²) in [4.78, 5) is 24.3. The fourth-order valence-electron chi connectivity index (χ4n) is 1.48. The standard InChI is InChI=1S/C13H26N2O3/c1-5-6-7-11(12(16)17)14-13(18)15(4)9-8-10(2)3/h10-11H,5-9H2,1-4H3,(H,14,18)(H,16,17). The quantitative estimate of drug-likeness (QED) is 0.702. The highest BCUT2D eigenvalue weighted by molar-refractivity contribution is 5.82. The molecule has 0 rings (SSSR count). The monoisotopic (exact) mass is 258 g/mol. The highest BCUT2D eigenvalue weighted by Crippen LogP contribution is 2.04. The van der Waals surface area contributed by atoms with E-state index in [1.54, 1.807) is 11.9 Å². The van der Waals surface area contributed by atoms with Crippen LogP contribution in [0.1, 0.15) is 46.5 Å². The van der Waals surface area contributed by atoms with Gasteiger partial charge in [0.25, 0.3) is 0 Å². The van der Waals surface area contributed by atoms with Gasteiger partial charge in [-0.05, 0) is 18.8 Å². The summed E-state index contributed by atoms with van der Waals surface area (Å²) < 4.78 is 0. The van der Waals surface area contributed by atoms with Crippen LogP contribution in [0.5, 0.6) is 0 Å². The SMILES string of the molecule is CCCCC(NC(=O)N(C)CCC(C)C)C(=O)O. The topological polar surface area (TPSA) is 69.6 Å². The Morgan fingerprint density at radius 2 is 1.89 bits per heavy atom. The van der Waals surface area contributed by atoms with Gasteiger partial charge in [0.2, 0.25) is 0 Å². The first-order chi connectivity index (χ1) is 8.38. The lowest BCUT2D eigenvalue weighted by Crippen LogP contribution is -2.47. The van der Waals surface area contributed by atoms with Crippen LogP contribution in [-0.4, -0.2) is 41.6 Å². The molecular weight excluding hydrogens is 232 g/mol. The van der Waals surface area contributed by atoms with Crippen LogP contribution in [0.15, 0.2) is 0 Å². The van der Waals surface area contributed by atoms with Crippen molar-refractivity contribution in [2.75, 3.05) is 13.6 Å². The van der Waals surface area contributed by atoms with E-state index in [0.717, 1.165) is 19.3 Å². The van der Waals surface area contributed by atoms with Gasteiger partial charge in [-0.1, -0.05) is 33.6 Å². The molecule has 0 radical (unpaired) electrons. The minimum Gasteiger partial charge on any atom is -0.480 e. The van der Waals surface area contributed by atoms with Crippen LogP contribution in [0.3, 0.4) is 0 Å². The fraction of sp³-hybridized carbons (Fsp3) is 0.846. The Hall–Kier alpha value is -1.26. The number of carbonyl (C=O) groups excluding carboxylic acids is 1. The zero-order valence-electron chi connectivity index (χ0n) is 11.9. The summed E-state index contributed by atoms with van der Waals surface area (Å²) in [5.74, 6) is -0.440. The van der Waals surface area contributed by atoms with Crippen LogP contribution in [0.2, 0.25) is 0 Å². The molecule has 0 saturated carbocycles. The van der Waals surface area contributed by atoms with Crippen molar-refractivity contribution >= 4 is 12.0 Å². The zero-order valence-corrected chi connectivity index (χ0v) is 11.9. The molecule has 0 heterocycles. The van der Waals surface area contributed by atoms with E-state index >= 15 is 0 Å². The highest BCUT2D eigenvalue weighted by Gasteiger charge is 2.20. The molecule has 18 heavy (non-hydrogen) atoms. The molecular formula is C13H26N2O3. The Balaban J connectivity index is 4.18. The summed E-state index contributed by atoms with van der Waals surface area (Å²) in [6.07, 6.45) is 3.11. The minimum atomic E-state index is -0.964. The van der Waals surface area contributed by atoms with Crippen molar-refractivity contribution < 1.29 is 14.7 Å². The third kappa shape index (κ3) is 7.14. The molecule has 2 amide bonds. The molecule has 0 aromatic carbocycles. The second kappa shape index (κ2) is 8.78. The summed E-state index contributed by atoms with van der Waals surface area (Å²) in [6, 6.07) is -1.09. The summed E-state index contributed by atoms with van der Waals surface area (Å²) in [5, 5.41) is 11.6. The number of nitrogens with zero attached hydrogens (tertiary/aromatic N) is 1. The number of aliphatic carboxylic acids is 1. The number of carbonyl (C=O) groups is 2. The second-order valence-electron chi connectivity index (χ2n) is 5.09. The Labute approximate surface area is 110 Å². The number of rotatable bonds is 8. The Morgan fingerprint density at radius 1 is 1.28 bits per heavy atom. The van der Waals surface area contributed by atoms with Crippen molar-refractivity contribution in [3.8, 4) is 0 Å². The highest BCUT2D eigenvalue weighted by atomic mass is 16.4. The van der Waals surface area contributed by atoms with E-state index in [1.165, 1.54) is 0 Å². The van der Waals surface area contributed by atoms with Crippen molar-refractivity contribution in [3.63, 3.8) is 0 Å². The first-order valence-corrected chi connectivity index (χ1v) is 6.62. The van der Waals surface area contributed by atoms with Gasteiger partial charge in [0.1, 0.15) is 6.04 Å². The molecule has 0 spiro atoms. The minimum absolute atomic E-state index is 0.306. The van der Waals surface area contributed by atoms with Crippen molar-refractivity contribution in [2.45, 2.75) is 52.5 Å². The van der Waals surface area contributed by atoms with Crippen LogP contribution in [0.25, 0.3) is 0 Å². The molecule has 0 fully saturated rings. The van der Waals surface area contributed by atoms with E-state index in [2.05, 4.69) is 19.2 Å². The van der Waals surface area contributed by atoms with Crippen LogP contribution < -0.4 is 5.32 Å². The van der Waals surface area contributed by atoms with Gasteiger partial charge in [0.15, 0.2) is 0 Å². The van der Waals surface area contributed by atoms with Gasteiger partial charge in [-0.25, -0.2) is 9.59 Å². The second-order valence-corrected chi connectivity index (χ2v) is 5.09. The van der Waals surface area contributed by atoms with Crippen LogP contribution in [0, 0.1) is 5.92 Å². The molecule has 5 nitrogen and oxygen atoms in total. The predicted molar refractivity (Wildman–Crippen MR) is 71.6 cm³/mol. The number of nitrogens with one attached hydrogen (secondary N) is 1. The number of hydrogen-bond acceptors (Lipinski definition) is 2. The van der Waals surface area contributed by atoms with Crippen molar-refractivity contribution in [3.05, 3.63) is 0 Å². The normalized spacial score (nSPS) is 12.3. The maximum Gasteiger partial charge on any atom is 0.326 e. The molecule has 1 atom stereocenters. The van der Waals surface area contributed by atoms with Gasteiger partial charge in [0.05, 0.1) is 0 Å². The number of unbranched alkanes of at least 4 members (excludes halogenated alkanes) is 1. The number of carboxylic acids is 1. The van der Waals surface area contributed by atoms with Crippen LogP contribution in [0.4, 0.5) is 4.79 Å². The van der Waals surface area contributed by atoms with Gasteiger partial charge in [-0.3, -0.25) is 0 Å². The summed E-state index contributed by atoms with van der Waals surface area (Å²) in [6.45, 7) is 6.82. The molecule has 0 aliphatic carbocycles. The summed E-state index contributed by atoms with van der Waals surface area (Å²) >= 11 is 0. The van der Waals surface area contributed by atoms with Gasteiger partial charge in [-0.2, -0.15) is 0 Å². The van der Waals surface area contributed by atoms with E-state index in [4.69, 9.17) is 5.11 Å². The zero-order chi connectivity index (χ0) is 14.1. The van der Waals surface area contributed by atoms with E-state index in [-0.39, 0.29) is 6.03 Å². The predicted octanol–water partition coefficient (Wildman–Crippen LogP) is 2.32. The van der Waals surface area contributed by atoms with Crippen molar-refractivity contribution in [1.82, 2.24) is 10.2 Å². The Kier molecular flexibility index (Phi) is 8.16. The van der Waals surface area contributed by atoms with Crippen LogP contribution in [-0.2, 0) is 4.79 Å². The first-order valence-electron chi connectivity index (χ1n) is 6.62. The maximum absolute atomic E-state index is 11.8. The molecule has 0 saturated heterocycles. The lowest BCUT2D eigenvalue weighted by Gasteiger charge is -2.22. The fourth-order valence-corrected chi connectivity index (χ4v) is 1.48. The van der Waals surface area contributed by atoms with E-state index < -0.39 is 12.0 Å². The molecule has 2 N–H and O–H groups in total. The third-order valence-electron chi connectivity index (χ3n) is 2.83.